The fraction of sp³-hybridized carbons (Fsp3) is 0.0182. The standard InChI is InChI=1S/C55H37NS/c1-5-17-38(18-6-1)40-33-41(39-19-7-2-8-20-39)35-46(34-40)56(44-23-11-4-12-24-44)45-30-32-54-50(37-45)49-36-43(29-31-53(49)57-54)55(42-21-9-3-10-22-42)51-27-15-13-25-47(51)48-26-14-16-28-52(48)55/h1-37H. The third kappa shape index (κ3) is 5.44. The highest BCUT2D eigenvalue weighted by Gasteiger charge is 2.46. The summed E-state index contributed by atoms with van der Waals surface area (Å²) in [5.41, 5.74) is 15.5. The van der Waals surface area contributed by atoms with Crippen LogP contribution in [0.3, 0.4) is 0 Å². The number of para-hydroxylation sites is 1. The van der Waals surface area contributed by atoms with E-state index in [0.717, 1.165) is 17.1 Å². The normalized spacial score (nSPS) is 12.7. The third-order valence-corrected chi connectivity index (χ3v) is 12.9. The van der Waals surface area contributed by atoms with Crippen LogP contribution in [0.5, 0.6) is 0 Å². The summed E-state index contributed by atoms with van der Waals surface area (Å²) in [6.07, 6.45) is 0. The summed E-state index contributed by atoms with van der Waals surface area (Å²) in [6.45, 7) is 0. The molecule has 0 saturated carbocycles. The van der Waals surface area contributed by atoms with Crippen LogP contribution in [0.25, 0.3) is 53.6 Å². The molecule has 0 fully saturated rings. The molecule has 0 atom stereocenters. The van der Waals surface area contributed by atoms with E-state index in [2.05, 4.69) is 229 Å². The second-order valence-electron chi connectivity index (χ2n) is 14.9. The van der Waals surface area contributed by atoms with Crippen LogP contribution in [0.1, 0.15) is 22.3 Å². The van der Waals surface area contributed by atoms with Gasteiger partial charge in [-0.1, -0.05) is 164 Å². The molecule has 9 aromatic carbocycles. The van der Waals surface area contributed by atoms with E-state index >= 15 is 0 Å². The molecule has 10 aromatic rings. The second kappa shape index (κ2) is 13.6. The van der Waals surface area contributed by atoms with E-state index in [0.29, 0.717) is 0 Å². The Kier molecular flexibility index (Phi) is 7.98. The van der Waals surface area contributed by atoms with Crippen molar-refractivity contribution in [3.8, 4) is 33.4 Å². The Morgan fingerprint density at radius 3 is 1.40 bits per heavy atom. The molecular formula is C55H37NS. The quantitative estimate of drug-likeness (QED) is 0.157. The van der Waals surface area contributed by atoms with E-state index in [1.165, 1.54) is 75.8 Å². The van der Waals surface area contributed by atoms with Crippen LogP contribution in [0, 0.1) is 0 Å². The number of anilines is 3. The topological polar surface area (TPSA) is 3.24 Å². The Balaban J connectivity index is 1.14. The highest BCUT2D eigenvalue weighted by molar-refractivity contribution is 7.25. The number of fused-ring (bicyclic) bond motifs is 6. The fourth-order valence-electron chi connectivity index (χ4n) is 9.21. The summed E-state index contributed by atoms with van der Waals surface area (Å²) in [6, 6.07) is 82.5. The maximum absolute atomic E-state index is 2.49. The lowest BCUT2D eigenvalue weighted by Gasteiger charge is -2.34. The molecule has 0 amide bonds. The molecule has 1 aliphatic carbocycles. The lowest BCUT2D eigenvalue weighted by atomic mass is 9.67. The molecule has 0 bridgehead atoms. The van der Waals surface area contributed by atoms with E-state index in [4.69, 9.17) is 0 Å². The van der Waals surface area contributed by atoms with Crippen molar-refractivity contribution in [1.29, 1.82) is 0 Å². The lowest BCUT2D eigenvalue weighted by molar-refractivity contribution is 0.770. The fourth-order valence-corrected chi connectivity index (χ4v) is 10.3. The van der Waals surface area contributed by atoms with Crippen LogP contribution in [-0.4, -0.2) is 0 Å². The predicted molar refractivity (Wildman–Crippen MR) is 242 cm³/mol. The number of hydrogen-bond donors (Lipinski definition) is 0. The van der Waals surface area contributed by atoms with Gasteiger partial charge in [-0.15, -0.1) is 11.3 Å². The highest BCUT2D eigenvalue weighted by Crippen LogP contribution is 2.56. The Hall–Kier alpha value is -7.00. The van der Waals surface area contributed by atoms with Crippen molar-refractivity contribution in [2.24, 2.45) is 0 Å². The summed E-state index contributed by atoms with van der Waals surface area (Å²) >= 11 is 1.87. The van der Waals surface area contributed by atoms with E-state index < -0.39 is 5.41 Å². The molecular weight excluding hydrogens is 707 g/mol. The van der Waals surface area contributed by atoms with Crippen molar-refractivity contribution in [3.05, 3.63) is 247 Å². The largest absolute Gasteiger partial charge is 0.310 e. The van der Waals surface area contributed by atoms with Gasteiger partial charge in [0.25, 0.3) is 0 Å². The molecule has 1 nitrogen and oxygen atoms in total. The van der Waals surface area contributed by atoms with E-state index in [-0.39, 0.29) is 0 Å². The van der Waals surface area contributed by atoms with Crippen molar-refractivity contribution in [1.82, 2.24) is 0 Å². The van der Waals surface area contributed by atoms with Crippen LogP contribution in [0.15, 0.2) is 224 Å². The highest BCUT2D eigenvalue weighted by atomic mass is 32.1. The van der Waals surface area contributed by atoms with Gasteiger partial charge in [0.1, 0.15) is 0 Å². The van der Waals surface area contributed by atoms with Crippen molar-refractivity contribution in [2.45, 2.75) is 5.41 Å². The van der Waals surface area contributed by atoms with Gasteiger partial charge in [0.05, 0.1) is 5.41 Å². The Bertz CT molecular complexity index is 2950. The number of benzene rings is 9. The molecule has 0 radical (unpaired) electrons. The van der Waals surface area contributed by atoms with Crippen LogP contribution in [-0.2, 0) is 5.41 Å². The average molecular weight is 744 g/mol. The van der Waals surface area contributed by atoms with Gasteiger partial charge in [0.2, 0.25) is 0 Å². The molecule has 1 heterocycles. The summed E-state index contributed by atoms with van der Waals surface area (Å²) in [5, 5.41) is 2.54. The molecule has 1 aliphatic rings. The summed E-state index contributed by atoms with van der Waals surface area (Å²) in [5.74, 6) is 0. The smallest absolute Gasteiger partial charge is 0.0713 e. The summed E-state index contributed by atoms with van der Waals surface area (Å²) in [7, 11) is 0. The van der Waals surface area contributed by atoms with Crippen LogP contribution in [0.4, 0.5) is 17.1 Å². The summed E-state index contributed by atoms with van der Waals surface area (Å²) < 4.78 is 2.57. The minimum Gasteiger partial charge on any atom is -0.310 e. The Morgan fingerprint density at radius 2 is 0.807 bits per heavy atom. The first kappa shape index (κ1) is 33.3. The minimum absolute atomic E-state index is 0.448. The minimum atomic E-state index is -0.448. The molecule has 268 valence electrons. The first-order chi connectivity index (χ1) is 28.3. The van der Waals surface area contributed by atoms with Crippen molar-refractivity contribution < 1.29 is 0 Å². The number of thiophene rings is 1. The van der Waals surface area contributed by atoms with E-state index in [1.807, 2.05) is 11.3 Å². The number of nitrogens with zero attached hydrogens (tertiary/aromatic N) is 1. The summed E-state index contributed by atoms with van der Waals surface area (Å²) in [4.78, 5) is 2.42. The van der Waals surface area contributed by atoms with Crippen LogP contribution < -0.4 is 4.90 Å². The molecule has 0 saturated heterocycles. The maximum Gasteiger partial charge on any atom is 0.0713 e. The maximum atomic E-state index is 2.49. The van der Waals surface area contributed by atoms with Crippen molar-refractivity contribution in [3.63, 3.8) is 0 Å². The lowest BCUT2D eigenvalue weighted by Crippen LogP contribution is -2.28. The third-order valence-electron chi connectivity index (χ3n) is 11.7. The number of hydrogen-bond acceptors (Lipinski definition) is 2. The Labute approximate surface area is 337 Å². The van der Waals surface area contributed by atoms with Crippen molar-refractivity contribution in [2.75, 3.05) is 4.90 Å². The zero-order valence-corrected chi connectivity index (χ0v) is 32.0. The number of rotatable bonds is 7. The van der Waals surface area contributed by atoms with Crippen LogP contribution in [0.2, 0.25) is 0 Å². The molecule has 0 spiro atoms. The van der Waals surface area contributed by atoms with Gasteiger partial charge >= 0.3 is 0 Å². The van der Waals surface area contributed by atoms with Gasteiger partial charge in [-0.3, -0.25) is 0 Å². The van der Waals surface area contributed by atoms with Gasteiger partial charge < -0.3 is 4.90 Å². The molecule has 0 unspecified atom stereocenters. The first-order valence-corrected chi connectivity index (χ1v) is 20.4. The van der Waals surface area contributed by atoms with Crippen LogP contribution >= 0.6 is 11.3 Å². The zero-order chi connectivity index (χ0) is 37.8. The van der Waals surface area contributed by atoms with Gasteiger partial charge in [0, 0.05) is 37.2 Å². The second-order valence-corrected chi connectivity index (χ2v) is 16.0. The SMILES string of the molecule is c1ccc(-c2cc(-c3ccccc3)cc(N(c3ccccc3)c3ccc4sc5ccc(C6(c7ccccc7)c7ccccc7-c7ccccc76)cc5c4c3)c2)cc1. The molecule has 0 N–H and O–H groups in total. The van der Waals surface area contributed by atoms with E-state index in [9.17, 15) is 0 Å². The van der Waals surface area contributed by atoms with Gasteiger partial charge in [-0.25, -0.2) is 0 Å². The van der Waals surface area contributed by atoms with E-state index in [1.54, 1.807) is 0 Å². The predicted octanol–water partition coefficient (Wildman–Crippen LogP) is 15.2. The first-order valence-electron chi connectivity index (χ1n) is 19.6. The van der Waals surface area contributed by atoms with Gasteiger partial charge in [0.15, 0.2) is 0 Å². The van der Waals surface area contributed by atoms with Gasteiger partial charge in [-0.05, 0) is 116 Å². The molecule has 11 rings (SSSR count). The molecule has 2 heteroatoms. The zero-order valence-electron chi connectivity index (χ0n) is 31.2. The Morgan fingerprint density at radius 1 is 0.316 bits per heavy atom. The molecule has 0 aliphatic heterocycles. The molecule has 57 heavy (non-hydrogen) atoms. The van der Waals surface area contributed by atoms with Crippen molar-refractivity contribution >= 4 is 48.6 Å². The molecule has 1 aromatic heterocycles. The average Bonchev–Trinajstić information content (AvgIpc) is 3.81. The monoisotopic (exact) mass is 743 g/mol. The van der Waals surface area contributed by atoms with Gasteiger partial charge in [-0.2, -0.15) is 0 Å².